The lowest BCUT2D eigenvalue weighted by atomic mass is 10.2. The Hall–Kier alpha value is -0.190. The van der Waals surface area contributed by atoms with E-state index in [9.17, 15) is 4.39 Å². The van der Waals surface area contributed by atoms with Gasteiger partial charge in [-0.15, -0.1) is 0 Å². The second kappa shape index (κ2) is 6.52. The number of hydroxylamine groups is 1. The molecular formula is C7H16FNO2. The van der Waals surface area contributed by atoms with E-state index in [2.05, 4.69) is 0 Å². The summed E-state index contributed by atoms with van der Waals surface area (Å²) in [7, 11) is 0. The van der Waals surface area contributed by atoms with Crippen LogP contribution in [0.3, 0.4) is 0 Å². The Morgan fingerprint density at radius 2 is 2.18 bits per heavy atom. The molecule has 0 radical (unpaired) electrons. The highest BCUT2D eigenvalue weighted by atomic mass is 19.1. The van der Waals surface area contributed by atoms with Crippen molar-refractivity contribution in [1.82, 2.24) is 5.48 Å². The molecule has 0 amide bonds. The zero-order chi connectivity index (χ0) is 8.69. The van der Waals surface area contributed by atoms with Crippen molar-refractivity contribution in [3.8, 4) is 0 Å². The number of hydrogen-bond acceptors (Lipinski definition) is 3. The Kier molecular flexibility index (Phi) is 6.40. The summed E-state index contributed by atoms with van der Waals surface area (Å²) in [4.78, 5) is 0. The number of ether oxygens (including phenoxy) is 1. The summed E-state index contributed by atoms with van der Waals surface area (Å²) in [5.74, 6) is 0. The molecule has 2 unspecified atom stereocenters. The highest BCUT2D eigenvalue weighted by molar-refractivity contribution is 4.68. The maximum Gasteiger partial charge on any atom is 0.130 e. The van der Waals surface area contributed by atoms with Gasteiger partial charge in [0.15, 0.2) is 0 Å². The van der Waals surface area contributed by atoms with Crippen LogP contribution in [-0.2, 0) is 4.74 Å². The number of alkyl halides is 1. The topological polar surface area (TPSA) is 41.5 Å². The fourth-order valence-electron chi connectivity index (χ4n) is 0.914. The van der Waals surface area contributed by atoms with Gasteiger partial charge in [0.1, 0.15) is 12.9 Å². The van der Waals surface area contributed by atoms with E-state index in [1.165, 1.54) is 0 Å². The number of halogens is 1. The second-order valence-corrected chi connectivity index (χ2v) is 2.11. The van der Waals surface area contributed by atoms with Crippen LogP contribution in [0.2, 0.25) is 0 Å². The minimum atomic E-state index is -0.460. The standard InChI is InChI=1S/C5H10FNO2.C2H6/c6-3-4-1-2-5(7-8)9-4;1-2/h4-5,7-8H,1-3H2;1-2H3. The molecule has 0 aromatic heterocycles. The first kappa shape index (κ1) is 10.8. The molecule has 0 aromatic rings. The Labute approximate surface area is 66.5 Å². The monoisotopic (exact) mass is 165 g/mol. The van der Waals surface area contributed by atoms with Crippen molar-refractivity contribution in [3.63, 3.8) is 0 Å². The van der Waals surface area contributed by atoms with Crippen molar-refractivity contribution in [2.75, 3.05) is 6.67 Å². The van der Waals surface area contributed by atoms with E-state index in [1.54, 1.807) is 0 Å². The minimum absolute atomic E-state index is 0.311. The first-order valence-electron chi connectivity index (χ1n) is 3.98. The molecule has 1 heterocycles. The third-order valence-corrected chi connectivity index (χ3v) is 1.42. The Morgan fingerprint density at radius 3 is 2.45 bits per heavy atom. The van der Waals surface area contributed by atoms with Crippen LogP contribution in [0.4, 0.5) is 4.39 Å². The van der Waals surface area contributed by atoms with Gasteiger partial charge in [0.2, 0.25) is 0 Å². The van der Waals surface area contributed by atoms with Crippen LogP contribution in [0.25, 0.3) is 0 Å². The zero-order valence-corrected chi connectivity index (χ0v) is 7.01. The van der Waals surface area contributed by atoms with E-state index in [0.717, 1.165) is 0 Å². The number of nitrogens with one attached hydrogen (secondary N) is 1. The number of rotatable bonds is 2. The van der Waals surface area contributed by atoms with E-state index in [4.69, 9.17) is 9.94 Å². The predicted molar refractivity (Wildman–Crippen MR) is 40.1 cm³/mol. The van der Waals surface area contributed by atoms with Gasteiger partial charge in [0.25, 0.3) is 0 Å². The molecule has 2 atom stereocenters. The Bertz CT molecular complexity index is 82.5. The highest BCUT2D eigenvalue weighted by Crippen LogP contribution is 2.17. The summed E-state index contributed by atoms with van der Waals surface area (Å²) in [6.45, 7) is 3.54. The third kappa shape index (κ3) is 3.65. The van der Waals surface area contributed by atoms with E-state index < -0.39 is 6.67 Å². The van der Waals surface area contributed by atoms with E-state index >= 15 is 0 Å². The smallest absolute Gasteiger partial charge is 0.130 e. The molecule has 2 N–H and O–H groups in total. The lowest BCUT2D eigenvalue weighted by Gasteiger charge is -2.07. The normalized spacial score (nSPS) is 29.5. The molecule has 1 rings (SSSR count). The maximum atomic E-state index is 11.8. The largest absolute Gasteiger partial charge is 0.355 e. The van der Waals surface area contributed by atoms with Gasteiger partial charge in [-0.3, -0.25) is 0 Å². The van der Waals surface area contributed by atoms with Crippen LogP contribution < -0.4 is 5.48 Å². The molecule has 0 bridgehead atoms. The molecular weight excluding hydrogens is 149 g/mol. The average molecular weight is 165 g/mol. The molecule has 11 heavy (non-hydrogen) atoms. The van der Waals surface area contributed by atoms with Crippen LogP contribution in [0.5, 0.6) is 0 Å². The van der Waals surface area contributed by atoms with Crippen molar-refractivity contribution < 1.29 is 14.3 Å². The first-order chi connectivity index (χ1) is 5.36. The van der Waals surface area contributed by atoms with Crippen LogP contribution in [0, 0.1) is 0 Å². The van der Waals surface area contributed by atoms with Crippen molar-refractivity contribution in [3.05, 3.63) is 0 Å². The van der Waals surface area contributed by atoms with Gasteiger partial charge in [-0.05, 0) is 12.8 Å². The molecule has 4 heteroatoms. The summed E-state index contributed by atoms with van der Waals surface area (Å²) < 4.78 is 16.7. The van der Waals surface area contributed by atoms with Gasteiger partial charge in [-0.25, -0.2) is 4.39 Å². The Morgan fingerprint density at radius 1 is 1.55 bits per heavy atom. The van der Waals surface area contributed by atoms with E-state index in [-0.39, 0.29) is 12.3 Å². The molecule has 0 aliphatic carbocycles. The average Bonchev–Trinajstić information content (AvgIpc) is 2.55. The van der Waals surface area contributed by atoms with Crippen LogP contribution in [0.1, 0.15) is 26.7 Å². The van der Waals surface area contributed by atoms with Gasteiger partial charge in [-0.1, -0.05) is 13.8 Å². The van der Waals surface area contributed by atoms with Crippen molar-refractivity contribution in [2.45, 2.75) is 39.0 Å². The van der Waals surface area contributed by atoms with Crippen LogP contribution in [0.15, 0.2) is 0 Å². The molecule has 0 spiro atoms. The summed E-state index contributed by atoms with van der Waals surface area (Å²) >= 11 is 0. The molecule has 1 aliphatic rings. The fraction of sp³-hybridized carbons (Fsp3) is 1.00. The van der Waals surface area contributed by atoms with E-state index in [1.807, 2.05) is 19.3 Å². The molecule has 1 aliphatic heterocycles. The Balaban J connectivity index is 0.000000461. The quantitative estimate of drug-likeness (QED) is 0.609. The van der Waals surface area contributed by atoms with Crippen molar-refractivity contribution in [2.24, 2.45) is 0 Å². The summed E-state index contributed by atoms with van der Waals surface area (Å²) in [5.41, 5.74) is 1.94. The second-order valence-electron chi connectivity index (χ2n) is 2.11. The van der Waals surface area contributed by atoms with E-state index in [0.29, 0.717) is 12.8 Å². The maximum absolute atomic E-state index is 11.8. The van der Waals surface area contributed by atoms with Crippen molar-refractivity contribution in [1.29, 1.82) is 0 Å². The number of hydrogen-bond donors (Lipinski definition) is 2. The van der Waals surface area contributed by atoms with Crippen molar-refractivity contribution >= 4 is 0 Å². The van der Waals surface area contributed by atoms with Crippen LogP contribution >= 0.6 is 0 Å². The fourth-order valence-corrected chi connectivity index (χ4v) is 0.914. The van der Waals surface area contributed by atoms with Gasteiger partial charge in [-0.2, -0.15) is 5.48 Å². The molecule has 1 fully saturated rings. The van der Waals surface area contributed by atoms with Gasteiger partial charge in [0.05, 0.1) is 6.10 Å². The minimum Gasteiger partial charge on any atom is -0.355 e. The predicted octanol–water partition coefficient (Wildman–Crippen LogP) is 1.47. The van der Waals surface area contributed by atoms with Crippen LogP contribution in [-0.4, -0.2) is 24.2 Å². The van der Waals surface area contributed by atoms with Gasteiger partial charge in [0, 0.05) is 0 Å². The van der Waals surface area contributed by atoms with Gasteiger partial charge < -0.3 is 9.94 Å². The summed E-state index contributed by atoms with van der Waals surface area (Å²) in [6.07, 6.45) is 0.709. The van der Waals surface area contributed by atoms with Gasteiger partial charge >= 0.3 is 0 Å². The third-order valence-electron chi connectivity index (χ3n) is 1.42. The summed E-state index contributed by atoms with van der Waals surface area (Å²) in [5, 5.41) is 8.28. The highest BCUT2D eigenvalue weighted by Gasteiger charge is 2.23. The zero-order valence-electron chi connectivity index (χ0n) is 7.01. The molecule has 1 saturated heterocycles. The first-order valence-corrected chi connectivity index (χ1v) is 3.98. The molecule has 0 aromatic carbocycles. The lowest BCUT2D eigenvalue weighted by Crippen LogP contribution is -2.25. The molecule has 3 nitrogen and oxygen atoms in total. The lowest BCUT2D eigenvalue weighted by molar-refractivity contribution is -0.0526. The SMILES string of the molecule is CC.ONC1CCC(CF)O1. The summed E-state index contributed by atoms with van der Waals surface area (Å²) in [6, 6.07) is 0. The molecule has 68 valence electrons. The molecule has 0 saturated carbocycles.